The summed E-state index contributed by atoms with van der Waals surface area (Å²) in [5.74, 6) is 0.340. The number of hydrogen-bond acceptors (Lipinski definition) is 7. The first kappa shape index (κ1) is 27.3. The van der Waals surface area contributed by atoms with Gasteiger partial charge in [-0.25, -0.2) is 27.3 Å². The van der Waals surface area contributed by atoms with Crippen molar-refractivity contribution in [2.75, 3.05) is 17.3 Å². The van der Waals surface area contributed by atoms with Crippen LogP contribution in [0.2, 0.25) is 5.02 Å². The molecule has 0 saturated carbocycles. The normalized spacial score (nSPS) is 11.5. The van der Waals surface area contributed by atoms with Crippen LogP contribution in [-0.2, 0) is 23.0 Å². The Balaban J connectivity index is 1.39. The van der Waals surface area contributed by atoms with E-state index in [0.29, 0.717) is 44.3 Å². The van der Waals surface area contributed by atoms with E-state index >= 15 is 0 Å². The quantitative estimate of drug-likeness (QED) is 0.250. The van der Waals surface area contributed by atoms with Crippen molar-refractivity contribution in [1.82, 2.24) is 9.97 Å². The van der Waals surface area contributed by atoms with Gasteiger partial charge in [0.25, 0.3) is 0 Å². The molecule has 0 saturated heterocycles. The third kappa shape index (κ3) is 6.83. The van der Waals surface area contributed by atoms with Crippen LogP contribution in [0.3, 0.4) is 0 Å². The number of fused-ring (bicyclic) bond motifs is 1. The molecule has 3 aromatic carbocycles. The van der Waals surface area contributed by atoms with Crippen molar-refractivity contribution >= 4 is 43.8 Å². The molecule has 0 aliphatic carbocycles. The van der Waals surface area contributed by atoms with Crippen LogP contribution < -0.4 is 19.7 Å². The monoisotopic (exact) mass is 578 g/mol. The van der Waals surface area contributed by atoms with Gasteiger partial charge in [0.05, 0.1) is 10.5 Å². The van der Waals surface area contributed by atoms with E-state index in [1.807, 2.05) is 18.2 Å². The fourth-order valence-electron chi connectivity index (χ4n) is 4.12. The van der Waals surface area contributed by atoms with Crippen molar-refractivity contribution in [2.45, 2.75) is 13.2 Å². The molecular weight excluding hydrogens is 555 g/mol. The Morgan fingerprint density at radius 3 is 2.65 bits per heavy atom. The molecule has 8 nitrogen and oxygen atoms in total. The van der Waals surface area contributed by atoms with Crippen molar-refractivity contribution in [1.29, 1.82) is 0 Å². The second-order valence-electron chi connectivity index (χ2n) is 9.27. The molecule has 1 N–H and O–H groups in total. The van der Waals surface area contributed by atoms with Gasteiger partial charge in [0.1, 0.15) is 36.1 Å². The first-order valence-corrected chi connectivity index (χ1v) is 14.6. The average Bonchev–Trinajstić information content (AvgIpc) is 2.91. The van der Waals surface area contributed by atoms with Crippen LogP contribution >= 0.6 is 11.6 Å². The molecule has 0 fully saturated rings. The zero-order valence-electron chi connectivity index (χ0n) is 21.3. The van der Waals surface area contributed by atoms with Crippen LogP contribution in [0.1, 0.15) is 5.56 Å². The molecule has 0 aliphatic rings. The molecule has 5 rings (SSSR count). The molecule has 5 aromatic rings. The number of aromatic nitrogens is 3. The van der Waals surface area contributed by atoms with Crippen LogP contribution in [0.25, 0.3) is 22.0 Å². The molecule has 11 heteroatoms. The molecule has 0 radical (unpaired) electrons. The Kier molecular flexibility index (Phi) is 7.81. The van der Waals surface area contributed by atoms with Gasteiger partial charge in [0.15, 0.2) is 28.8 Å². The molecule has 0 aliphatic heterocycles. The van der Waals surface area contributed by atoms with Gasteiger partial charge in [-0.2, -0.15) is 0 Å². The summed E-state index contributed by atoms with van der Waals surface area (Å²) >= 11 is 6.46. The summed E-state index contributed by atoms with van der Waals surface area (Å²) in [5, 5.41) is 16.7. The van der Waals surface area contributed by atoms with E-state index in [0.717, 1.165) is 11.8 Å². The SMILES string of the molecule is CS(=O)(=O)CC[n+]1cc([O-])cc(-c2ccc3ncnc(Nc4ccc(OCc5cccc(F)c5)c(Cl)c4)c3c2)c1. The lowest BCUT2D eigenvalue weighted by atomic mass is 10.0. The highest BCUT2D eigenvalue weighted by atomic mass is 35.5. The molecule has 0 unspecified atom stereocenters. The molecular formula is C29H24ClFN4O4S. The van der Waals surface area contributed by atoms with Gasteiger partial charge in [0.2, 0.25) is 0 Å². The van der Waals surface area contributed by atoms with Gasteiger partial charge in [0, 0.05) is 22.9 Å². The molecule has 204 valence electrons. The Hall–Kier alpha value is -4.28. The molecule has 0 bridgehead atoms. The minimum Gasteiger partial charge on any atom is -0.868 e. The van der Waals surface area contributed by atoms with E-state index in [-0.39, 0.29) is 30.5 Å². The van der Waals surface area contributed by atoms with E-state index in [1.165, 1.54) is 30.7 Å². The highest BCUT2D eigenvalue weighted by molar-refractivity contribution is 7.90. The highest BCUT2D eigenvalue weighted by Gasteiger charge is 2.13. The molecule has 40 heavy (non-hydrogen) atoms. The Morgan fingerprint density at radius 1 is 1.02 bits per heavy atom. The van der Waals surface area contributed by atoms with Crippen LogP contribution in [0, 0.1) is 5.82 Å². The van der Waals surface area contributed by atoms with Crippen LogP contribution in [0.5, 0.6) is 11.5 Å². The largest absolute Gasteiger partial charge is 0.868 e. The summed E-state index contributed by atoms with van der Waals surface area (Å²) in [6.07, 6.45) is 5.72. The number of benzene rings is 3. The van der Waals surface area contributed by atoms with Crippen molar-refractivity contribution in [3.05, 3.63) is 102 Å². The Bertz CT molecular complexity index is 1820. The standard InChI is InChI=1S/C29H24ClFN4O4S/c1-40(37,38)10-9-35-15-21(12-24(36)16-35)20-5-7-27-25(13-20)29(33-18-32-27)34-23-6-8-28(26(30)14-23)39-17-19-3-2-4-22(31)11-19/h2-8,11-16,18H,9-10,17H2,1H3,(H-,32,33,34,36). The molecule has 2 heterocycles. The molecule has 2 aromatic heterocycles. The fourth-order valence-corrected chi connectivity index (χ4v) is 4.90. The van der Waals surface area contributed by atoms with Gasteiger partial charge >= 0.3 is 0 Å². The topological polar surface area (TPSA) is 108 Å². The van der Waals surface area contributed by atoms with Crippen molar-refractivity contribution in [3.63, 3.8) is 0 Å². The number of anilines is 2. The summed E-state index contributed by atoms with van der Waals surface area (Å²) in [6, 6.07) is 18.4. The fraction of sp³-hybridized carbons (Fsp3) is 0.138. The van der Waals surface area contributed by atoms with Crippen LogP contribution in [0.4, 0.5) is 15.9 Å². The smallest absolute Gasteiger partial charge is 0.176 e. The van der Waals surface area contributed by atoms with Crippen molar-refractivity contribution in [3.8, 4) is 22.6 Å². The number of pyridine rings is 1. The van der Waals surface area contributed by atoms with Crippen LogP contribution in [-0.4, -0.2) is 30.4 Å². The lowest BCUT2D eigenvalue weighted by molar-refractivity contribution is -0.694. The number of hydrogen-bond donors (Lipinski definition) is 1. The second kappa shape index (κ2) is 11.4. The summed E-state index contributed by atoms with van der Waals surface area (Å²) in [4.78, 5) is 8.74. The van der Waals surface area contributed by atoms with Gasteiger partial charge in [-0.15, -0.1) is 0 Å². The maximum absolute atomic E-state index is 13.4. The lowest BCUT2D eigenvalue weighted by Gasteiger charge is -2.13. The molecule has 0 spiro atoms. The van der Waals surface area contributed by atoms with E-state index in [4.69, 9.17) is 16.3 Å². The summed E-state index contributed by atoms with van der Waals surface area (Å²) in [7, 11) is -3.18. The Morgan fingerprint density at radius 2 is 1.88 bits per heavy atom. The van der Waals surface area contributed by atoms with E-state index < -0.39 is 9.84 Å². The first-order valence-electron chi connectivity index (χ1n) is 12.2. The molecule has 0 amide bonds. The third-order valence-corrected chi connectivity index (χ3v) is 7.28. The van der Waals surface area contributed by atoms with E-state index in [2.05, 4.69) is 15.3 Å². The van der Waals surface area contributed by atoms with Crippen molar-refractivity contribution < 1.29 is 27.2 Å². The highest BCUT2D eigenvalue weighted by Crippen LogP contribution is 2.32. The van der Waals surface area contributed by atoms with Crippen LogP contribution in [0.15, 0.2) is 85.5 Å². The maximum atomic E-state index is 13.4. The van der Waals surface area contributed by atoms with Crippen molar-refractivity contribution in [2.24, 2.45) is 0 Å². The minimum atomic E-state index is -3.18. The maximum Gasteiger partial charge on any atom is 0.176 e. The number of ether oxygens (including phenoxy) is 1. The number of halogens is 2. The van der Waals surface area contributed by atoms with Gasteiger partial charge < -0.3 is 15.2 Å². The zero-order valence-corrected chi connectivity index (χ0v) is 22.9. The number of rotatable bonds is 9. The Labute approximate surface area is 235 Å². The van der Waals surface area contributed by atoms with E-state index in [9.17, 15) is 17.9 Å². The third-order valence-electron chi connectivity index (χ3n) is 6.06. The summed E-state index contributed by atoms with van der Waals surface area (Å²) in [6.45, 7) is 0.344. The number of nitrogens with zero attached hydrogens (tertiary/aromatic N) is 3. The predicted octanol–water partition coefficient (Wildman–Crippen LogP) is 4.82. The predicted molar refractivity (Wildman–Crippen MR) is 150 cm³/mol. The van der Waals surface area contributed by atoms with Gasteiger partial charge in [-0.1, -0.05) is 35.9 Å². The minimum absolute atomic E-state index is 0.0720. The van der Waals surface area contributed by atoms with Gasteiger partial charge in [-0.05, 0) is 59.3 Å². The zero-order chi connectivity index (χ0) is 28.3. The summed E-state index contributed by atoms with van der Waals surface area (Å²) in [5.41, 5.74) is 3.42. The first-order chi connectivity index (χ1) is 19.1. The second-order valence-corrected chi connectivity index (χ2v) is 11.9. The number of nitrogens with one attached hydrogen (secondary N) is 1. The average molecular weight is 579 g/mol. The molecule has 0 atom stereocenters. The number of aryl methyl sites for hydroxylation is 1. The van der Waals surface area contributed by atoms with Gasteiger partial charge in [-0.3, -0.25) is 0 Å². The summed E-state index contributed by atoms with van der Waals surface area (Å²) < 4.78 is 43.9. The van der Waals surface area contributed by atoms with E-state index in [1.54, 1.807) is 41.1 Å². The number of sulfone groups is 1. The lowest BCUT2D eigenvalue weighted by Crippen LogP contribution is -2.37.